The van der Waals surface area contributed by atoms with Crippen molar-refractivity contribution in [2.24, 2.45) is 15.0 Å². The van der Waals surface area contributed by atoms with Crippen LogP contribution in [0.25, 0.3) is 10.9 Å². The molecule has 6 heteroatoms. The Morgan fingerprint density at radius 2 is 1.95 bits per heavy atom. The van der Waals surface area contributed by atoms with Crippen LogP contribution in [0.5, 0.6) is 0 Å². The molecule has 1 saturated heterocycles. The summed E-state index contributed by atoms with van der Waals surface area (Å²) < 4.78 is 0. The zero-order chi connectivity index (χ0) is 14.2. The Hall–Kier alpha value is -2.50. The van der Waals surface area contributed by atoms with Crippen molar-refractivity contribution >= 4 is 22.8 Å². The third-order valence-electron chi connectivity index (χ3n) is 3.94. The second kappa shape index (κ2) is 4.80. The largest absolute Gasteiger partial charge is 0.341 e. The lowest BCUT2D eigenvalue weighted by molar-refractivity contribution is 0.337. The molecule has 6 nitrogen and oxygen atoms in total. The molecule has 1 aromatic carbocycles. The summed E-state index contributed by atoms with van der Waals surface area (Å²) in [4.78, 5) is 18.3. The molecular formula is C15H16N6. The van der Waals surface area contributed by atoms with Crippen molar-refractivity contribution in [1.82, 2.24) is 9.88 Å². The highest BCUT2D eigenvalue weighted by Crippen LogP contribution is 2.10. The number of nitrogens with one attached hydrogen (secondary N) is 2. The number of para-hydroxylation sites is 1. The fourth-order valence-corrected chi connectivity index (χ4v) is 2.85. The van der Waals surface area contributed by atoms with Crippen molar-refractivity contribution in [2.75, 3.05) is 13.1 Å². The summed E-state index contributed by atoms with van der Waals surface area (Å²) in [5, 5.41) is 9.96. The molecule has 3 heterocycles. The Bertz CT molecular complexity index is 854. The number of aromatic nitrogens is 1. The highest BCUT2D eigenvalue weighted by atomic mass is 15.3. The molecule has 0 unspecified atom stereocenters. The van der Waals surface area contributed by atoms with Crippen LogP contribution in [-0.2, 0) is 0 Å². The summed E-state index contributed by atoms with van der Waals surface area (Å²) in [6.07, 6.45) is 3.50. The number of H-pyrrole nitrogens is 1. The van der Waals surface area contributed by atoms with E-state index in [1.807, 2.05) is 29.2 Å². The van der Waals surface area contributed by atoms with E-state index in [0.717, 1.165) is 47.7 Å². The standard InChI is InChI=1S/C15H16N6/c16-14(21-8-4-1-5-9-21)20-15-18-12-10-6-2-3-7-11(10)17-13(12)19-15/h2-3,6-7H,1,4-5,8-9H2,(H2,16,17,18,19,20). The molecule has 1 fully saturated rings. The number of nitrogens with zero attached hydrogens (tertiary/aromatic N) is 4. The van der Waals surface area contributed by atoms with Gasteiger partial charge in [0.2, 0.25) is 5.96 Å². The molecule has 1 aromatic heterocycles. The van der Waals surface area contributed by atoms with E-state index in [1.165, 1.54) is 6.42 Å². The van der Waals surface area contributed by atoms with E-state index in [2.05, 4.69) is 20.0 Å². The van der Waals surface area contributed by atoms with Crippen molar-refractivity contribution < 1.29 is 0 Å². The lowest BCUT2D eigenvalue weighted by Gasteiger charge is -2.26. The molecule has 0 radical (unpaired) electrons. The van der Waals surface area contributed by atoms with Gasteiger partial charge in [0, 0.05) is 24.0 Å². The monoisotopic (exact) mass is 280 g/mol. The van der Waals surface area contributed by atoms with Crippen LogP contribution in [0.4, 0.5) is 0 Å². The average molecular weight is 280 g/mol. The summed E-state index contributed by atoms with van der Waals surface area (Å²) in [6.45, 7) is 1.81. The third kappa shape index (κ3) is 2.12. The van der Waals surface area contributed by atoms with Gasteiger partial charge in [0.05, 0.1) is 0 Å². The van der Waals surface area contributed by atoms with Gasteiger partial charge in [0.1, 0.15) is 5.36 Å². The quantitative estimate of drug-likeness (QED) is 0.552. The fourth-order valence-electron chi connectivity index (χ4n) is 2.85. The first-order valence-electron chi connectivity index (χ1n) is 7.28. The minimum atomic E-state index is 0.270. The van der Waals surface area contributed by atoms with E-state index in [4.69, 9.17) is 5.41 Å². The molecular weight excluding hydrogens is 264 g/mol. The van der Waals surface area contributed by atoms with E-state index < -0.39 is 0 Å². The third-order valence-corrected chi connectivity index (χ3v) is 3.94. The SMILES string of the molecule is N=C(/N=C1\N=c2[nH]c3ccccc3c2=N1)N1CCCCC1. The molecule has 0 amide bonds. The normalized spacial score (nSPS) is 19.4. The highest BCUT2D eigenvalue weighted by molar-refractivity contribution is 5.96. The average Bonchev–Trinajstić information content (AvgIpc) is 3.05. The minimum Gasteiger partial charge on any atom is -0.341 e. The van der Waals surface area contributed by atoms with Crippen molar-refractivity contribution in [2.45, 2.75) is 19.3 Å². The predicted octanol–water partition coefficient (Wildman–Crippen LogP) is 1.20. The van der Waals surface area contributed by atoms with Crippen LogP contribution in [0.3, 0.4) is 0 Å². The van der Waals surface area contributed by atoms with E-state index in [0.29, 0.717) is 5.96 Å². The van der Waals surface area contributed by atoms with Crippen LogP contribution < -0.4 is 10.8 Å². The molecule has 2 aliphatic rings. The maximum atomic E-state index is 8.08. The zero-order valence-corrected chi connectivity index (χ0v) is 11.6. The van der Waals surface area contributed by atoms with Gasteiger partial charge in [-0.25, -0.2) is 4.99 Å². The number of benzene rings is 1. The number of rotatable bonds is 0. The number of likely N-dealkylation sites (tertiary alicyclic amines) is 1. The molecule has 0 aliphatic carbocycles. The van der Waals surface area contributed by atoms with Crippen LogP contribution >= 0.6 is 0 Å². The van der Waals surface area contributed by atoms with Gasteiger partial charge in [-0.3, -0.25) is 5.41 Å². The second-order valence-corrected chi connectivity index (χ2v) is 5.37. The molecule has 106 valence electrons. The summed E-state index contributed by atoms with van der Waals surface area (Å²) in [5.41, 5.74) is 1.77. The molecule has 2 N–H and O–H groups in total. The van der Waals surface area contributed by atoms with Crippen LogP contribution in [0.15, 0.2) is 39.2 Å². The molecule has 21 heavy (non-hydrogen) atoms. The predicted molar refractivity (Wildman–Crippen MR) is 81.2 cm³/mol. The molecule has 4 rings (SSSR count). The van der Waals surface area contributed by atoms with Crippen LogP contribution in [-0.4, -0.2) is 34.9 Å². The van der Waals surface area contributed by atoms with Gasteiger partial charge in [-0.15, -0.1) is 0 Å². The van der Waals surface area contributed by atoms with Gasteiger partial charge >= 0.3 is 0 Å². The lowest BCUT2D eigenvalue weighted by atomic mass is 10.1. The van der Waals surface area contributed by atoms with E-state index in [9.17, 15) is 0 Å². The molecule has 0 spiro atoms. The van der Waals surface area contributed by atoms with Crippen molar-refractivity contribution in [3.8, 4) is 0 Å². The first-order valence-corrected chi connectivity index (χ1v) is 7.28. The van der Waals surface area contributed by atoms with Gasteiger partial charge < -0.3 is 9.88 Å². The summed E-state index contributed by atoms with van der Waals surface area (Å²) in [5.74, 6) is 0.643. The number of hydrogen-bond donors (Lipinski definition) is 2. The van der Waals surface area contributed by atoms with Gasteiger partial charge in [-0.1, -0.05) is 18.2 Å². The fraction of sp³-hybridized carbons (Fsp3) is 0.333. The lowest BCUT2D eigenvalue weighted by Crippen LogP contribution is -2.34. The topological polar surface area (TPSA) is 80.0 Å². The highest BCUT2D eigenvalue weighted by Gasteiger charge is 2.15. The van der Waals surface area contributed by atoms with Crippen LogP contribution in [0, 0.1) is 5.41 Å². The Kier molecular flexibility index (Phi) is 2.80. The molecule has 0 saturated carbocycles. The smallest absolute Gasteiger partial charge is 0.255 e. The van der Waals surface area contributed by atoms with Crippen LogP contribution in [0.1, 0.15) is 19.3 Å². The van der Waals surface area contributed by atoms with Crippen LogP contribution in [0.2, 0.25) is 0 Å². The molecule has 0 atom stereocenters. The number of aromatic amines is 1. The molecule has 2 aromatic rings. The Balaban J connectivity index is 1.68. The molecule has 2 aliphatic heterocycles. The number of aliphatic imine (C=N–C) groups is 1. The van der Waals surface area contributed by atoms with Crippen molar-refractivity contribution in [3.05, 3.63) is 35.1 Å². The summed E-state index contributed by atoms with van der Waals surface area (Å²) in [6, 6.07) is 7.99. The first-order chi connectivity index (χ1) is 10.3. The van der Waals surface area contributed by atoms with Gasteiger partial charge in [-0.05, 0) is 25.3 Å². The zero-order valence-electron chi connectivity index (χ0n) is 11.6. The Morgan fingerprint density at radius 1 is 1.14 bits per heavy atom. The van der Waals surface area contributed by atoms with Gasteiger partial charge in [0.15, 0.2) is 5.49 Å². The number of hydrogen-bond acceptors (Lipinski definition) is 1. The second-order valence-electron chi connectivity index (χ2n) is 5.37. The van der Waals surface area contributed by atoms with Gasteiger partial charge in [-0.2, -0.15) is 9.98 Å². The minimum absolute atomic E-state index is 0.270. The molecule has 0 bridgehead atoms. The maximum absolute atomic E-state index is 8.08. The van der Waals surface area contributed by atoms with E-state index >= 15 is 0 Å². The Morgan fingerprint density at radius 3 is 2.81 bits per heavy atom. The van der Waals surface area contributed by atoms with E-state index in [-0.39, 0.29) is 5.96 Å². The Labute approximate surface area is 121 Å². The number of fused-ring (bicyclic) bond motifs is 3. The summed E-state index contributed by atoms with van der Waals surface area (Å²) in [7, 11) is 0. The van der Waals surface area contributed by atoms with Crippen molar-refractivity contribution in [3.63, 3.8) is 0 Å². The van der Waals surface area contributed by atoms with Gasteiger partial charge in [0.25, 0.3) is 5.96 Å². The van der Waals surface area contributed by atoms with E-state index in [1.54, 1.807) is 0 Å². The number of guanidine groups is 2. The first kappa shape index (κ1) is 12.3. The summed E-state index contributed by atoms with van der Waals surface area (Å²) >= 11 is 0. The number of piperidine rings is 1. The van der Waals surface area contributed by atoms with Crippen molar-refractivity contribution in [1.29, 1.82) is 5.41 Å². The maximum Gasteiger partial charge on any atom is 0.255 e.